The number of aromatic carboxylic acids is 2. The number of unbranched alkanes of at least 4 members (excludes halogenated alkanes) is 3. The Morgan fingerprint density at radius 3 is 1.37 bits per heavy atom. The van der Waals surface area contributed by atoms with Crippen molar-refractivity contribution in [3.05, 3.63) is 29.3 Å². The first kappa shape index (κ1) is 28.5. The molecular formula is C21H37O7PS. The van der Waals surface area contributed by atoms with Gasteiger partial charge in [0.2, 0.25) is 0 Å². The van der Waals surface area contributed by atoms with Crippen molar-refractivity contribution in [1.29, 1.82) is 0 Å². The normalized spacial score (nSPS) is 12.0. The first-order valence-corrected chi connectivity index (χ1v) is 15.1. The fourth-order valence-electron chi connectivity index (χ4n) is 3.18. The molecule has 0 saturated carbocycles. The summed E-state index contributed by atoms with van der Waals surface area (Å²) in [7, 11) is -5.45. The molecular weight excluding hydrogens is 427 g/mol. The van der Waals surface area contributed by atoms with Crippen molar-refractivity contribution in [2.24, 2.45) is 0 Å². The van der Waals surface area contributed by atoms with E-state index in [1.165, 1.54) is 38.5 Å². The summed E-state index contributed by atoms with van der Waals surface area (Å²) in [6.07, 6.45) is 13.4. The Morgan fingerprint density at radius 1 is 0.800 bits per heavy atom. The van der Waals surface area contributed by atoms with E-state index in [-0.39, 0.29) is 0 Å². The molecule has 9 heteroatoms. The van der Waals surface area contributed by atoms with E-state index in [1.807, 2.05) is 0 Å². The zero-order chi connectivity index (χ0) is 23.4. The Bertz CT molecular complexity index is 737. The van der Waals surface area contributed by atoms with Gasteiger partial charge in [-0.2, -0.15) is 8.42 Å². The Labute approximate surface area is 181 Å². The van der Waals surface area contributed by atoms with Gasteiger partial charge in [0, 0.05) is 0 Å². The van der Waals surface area contributed by atoms with Crippen molar-refractivity contribution in [3.8, 4) is 0 Å². The average molecular weight is 465 g/mol. The first-order valence-electron chi connectivity index (χ1n) is 10.5. The molecule has 0 aliphatic heterocycles. The summed E-state index contributed by atoms with van der Waals surface area (Å²) in [6, 6.07) is 2.13. The fourth-order valence-corrected chi connectivity index (χ4v) is 8.10. The van der Waals surface area contributed by atoms with Crippen LogP contribution in [0.1, 0.15) is 80.0 Å². The molecule has 0 bridgehead atoms. The van der Waals surface area contributed by atoms with Gasteiger partial charge in [-0.25, -0.2) is 9.59 Å². The molecule has 0 unspecified atom stereocenters. The second-order valence-electron chi connectivity index (χ2n) is 7.95. The van der Waals surface area contributed by atoms with Crippen LogP contribution in [-0.4, -0.2) is 60.3 Å². The Morgan fingerprint density at radius 2 is 1.13 bits per heavy atom. The number of carboxylic acids is 2. The zero-order valence-corrected chi connectivity index (χ0v) is 20.3. The molecule has 0 aromatic heterocycles. The van der Waals surface area contributed by atoms with Gasteiger partial charge in [0.1, 0.15) is 0 Å². The second-order valence-corrected chi connectivity index (χ2v) is 14.5. The predicted molar refractivity (Wildman–Crippen MR) is 124 cm³/mol. The van der Waals surface area contributed by atoms with Crippen molar-refractivity contribution in [1.82, 2.24) is 0 Å². The van der Waals surface area contributed by atoms with Crippen molar-refractivity contribution in [2.45, 2.75) is 64.2 Å². The van der Waals surface area contributed by atoms with Crippen LogP contribution in [0.15, 0.2) is 23.1 Å². The van der Waals surface area contributed by atoms with Gasteiger partial charge in [-0.05, 0) is 18.2 Å². The quantitative estimate of drug-likeness (QED) is 0.290. The van der Waals surface area contributed by atoms with Crippen LogP contribution >= 0.6 is 7.26 Å². The van der Waals surface area contributed by atoms with Crippen molar-refractivity contribution >= 4 is 29.3 Å². The van der Waals surface area contributed by atoms with Crippen LogP contribution < -0.4 is 0 Å². The van der Waals surface area contributed by atoms with Crippen molar-refractivity contribution in [3.63, 3.8) is 0 Å². The van der Waals surface area contributed by atoms with Crippen molar-refractivity contribution in [2.75, 3.05) is 25.2 Å². The maximum Gasteiger partial charge on any atom is 0.335 e. The maximum absolute atomic E-state index is 10.8. The third kappa shape index (κ3) is 11.0. The SMILES string of the molecule is CCCC[PH](C)(CCCC)CCCC.O=C(O)c1cc(C(=O)O)cc(S(=O)(=O)O)c1. The number of hydrogen-bond acceptors (Lipinski definition) is 4. The van der Waals surface area contributed by atoms with Crippen LogP contribution in [-0.2, 0) is 10.1 Å². The summed E-state index contributed by atoms with van der Waals surface area (Å²) >= 11 is 0. The van der Waals surface area contributed by atoms with E-state index in [1.54, 1.807) is 18.5 Å². The minimum Gasteiger partial charge on any atom is -0.478 e. The number of carboxylic acid groups (broad SMARTS) is 2. The van der Waals surface area contributed by atoms with Gasteiger partial charge >= 0.3 is 104 Å². The molecule has 1 rings (SSSR count). The molecule has 0 aliphatic rings. The molecule has 0 spiro atoms. The molecule has 1 aromatic carbocycles. The minimum absolute atomic E-state index is 0.535. The number of rotatable bonds is 12. The second kappa shape index (κ2) is 13.7. The van der Waals surface area contributed by atoms with Crippen LogP contribution in [0.25, 0.3) is 0 Å². The Kier molecular flexibility index (Phi) is 13.0. The van der Waals surface area contributed by atoms with E-state index in [0.717, 1.165) is 6.07 Å². The molecule has 0 heterocycles. The molecule has 3 N–H and O–H groups in total. The monoisotopic (exact) mass is 464 g/mol. The van der Waals surface area contributed by atoms with Gasteiger partial charge in [-0.1, -0.05) is 0 Å². The number of carbonyl (C=O) groups is 2. The smallest absolute Gasteiger partial charge is 0.335 e. The molecule has 0 saturated heterocycles. The average Bonchev–Trinajstić information content (AvgIpc) is 2.68. The molecule has 0 aliphatic carbocycles. The van der Waals surface area contributed by atoms with Crippen LogP contribution in [0.2, 0.25) is 0 Å². The van der Waals surface area contributed by atoms with E-state index in [4.69, 9.17) is 14.8 Å². The van der Waals surface area contributed by atoms with E-state index in [0.29, 0.717) is 12.1 Å². The third-order valence-corrected chi connectivity index (χ3v) is 10.6. The van der Waals surface area contributed by atoms with Gasteiger partial charge in [-0.15, -0.1) is 0 Å². The molecule has 174 valence electrons. The summed E-state index contributed by atoms with van der Waals surface area (Å²) in [5.41, 5.74) is -1.07. The van der Waals surface area contributed by atoms with Crippen molar-refractivity contribution < 1.29 is 32.8 Å². The van der Waals surface area contributed by atoms with Gasteiger partial charge in [0.15, 0.2) is 0 Å². The van der Waals surface area contributed by atoms with E-state index < -0.39 is 45.3 Å². The van der Waals surface area contributed by atoms with Crippen LogP contribution in [0.3, 0.4) is 0 Å². The topological polar surface area (TPSA) is 129 Å². The first-order chi connectivity index (χ1) is 13.9. The maximum atomic E-state index is 10.8. The third-order valence-electron chi connectivity index (χ3n) is 5.10. The van der Waals surface area contributed by atoms with E-state index in [9.17, 15) is 18.0 Å². The molecule has 30 heavy (non-hydrogen) atoms. The molecule has 0 radical (unpaired) electrons. The summed E-state index contributed by atoms with van der Waals surface area (Å²) < 4.78 is 30.2. The van der Waals surface area contributed by atoms with Crippen LogP contribution in [0.4, 0.5) is 0 Å². The molecule has 0 fully saturated rings. The molecule has 1 aromatic rings. The summed E-state index contributed by atoms with van der Waals surface area (Å²) in [4.78, 5) is 20.4. The van der Waals surface area contributed by atoms with Gasteiger partial charge < -0.3 is 10.2 Å². The Balaban J connectivity index is 0.000000567. The fraction of sp³-hybridized carbons (Fsp3) is 0.619. The van der Waals surface area contributed by atoms with Gasteiger partial charge in [0.05, 0.1) is 16.0 Å². The number of hydrogen-bond donors (Lipinski definition) is 3. The number of benzene rings is 1. The largest absolute Gasteiger partial charge is 0.478 e. The zero-order valence-electron chi connectivity index (χ0n) is 18.5. The summed E-state index contributed by atoms with van der Waals surface area (Å²) in [5, 5.41) is 17.2. The standard InChI is InChI=1S/C13H31P.C8H6O7S/c1-5-8-11-14(4,12-9-6-2)13-10-7-3;9-7(10)4-1-5(8(11)12)3-6(2-4)16(13,14)15/h14H,5-13H2,1-4H3;1-3H,(H,9,10)(H,11,12)(H,13,14,15). The minimum atomic E-state index is -4.64. The Hall–Kier alpha value is -1.50. The molecule has 0 atom stereocenters. The van der Waals surface area contributed by atoms with Gasteiger partial charge in [0.25, 0.3) is 10.1 Å². The van der Waals surface area contributed by atoms with E-state index >= 15 is 0 Å². The van der Waals surface area contributed by atoms with Crippen LogP contribution in [0, 0.1) is 0 Å². The van der Waals surface area contributed by atoms with Gasteiger partial charge in [-0.3, -0.25) is 4.55 Å². The van der Waals surface area contributed by atoms with Crippen LogP contribution in [0.5, 0.6) is 0 Å². The summed E-state index contributed by atoms with van der Waals surface area (Å²) in [5.74, 6) is -2.99. The predicted octanol–water partition coefficient (Wildman–Crippen LogP) is 5.10. The summed E-state index contributed by atoms with van der Waals surface area (Å²) in [6.45, 7) is 9.63. The molecule has 0 amide bonds. The molecule has 7 nitrogen and oxygen atoms in total. The van der Waals surface area contributed by atoms with E-state index in [2.05, 4.69) is 27.4 Å².